The van der Waals surface area contributed by atoms with E-state index in [1.165, 1.54) is 11.8 Å². The largest absolute Gasteiger partial charge is 0.386 e. The van der Waals surface area contributed by atoms with Gasteiger partial charge in [0.2, 0.25) is 0 Å². The summed E-state index contributed by atoms with van der Waals surface area (Å²) in [4.78, 5) is 19.3. The number of rotatable bonds is 4. The molecule has 2 aromatic carbocycles. The van der Waals surface area contributed by atoms with Crippen molar-refractivity contribution in [3.05, 3.63) is 63.6 Å². The fourth-order valence-corrected chi connectivity index (χ4v) is 3.27. The number of anilines is 1. The van der Waals surface area contributed by atoms with Crippen LogP contribution in [0.3, 0.4) is 0 Å². The first-order valence-electron chi connectivity index (χ1n) is 7.56. The number of hydrogen-bond donors (Lipinski definition) is 0. The van der Waals surface area contributed by atoms with Crippen LogP contribution in [0.2, 0.25) is 10.0 Å². The highest BCUT2D eigenvalue weighted by Gasteiger charge is 2.30. The highest BCUT2D eigenvalue weighted by Crippen LogP contribution is 2.31. The van der Waals surface area contributed by atoms with Gasteiger partial charge in [-0.15, -0.1) is 0 Å². The molecule has 0 bridgehead atoms. The van der Waals surface area contributed by atoms with Gasteiger partial charge in [0.1, 0.15) is 0 Å². The standard InChI is InChI=1S/C18H16Cl2N2O2/c1-12-8-13-4-2-3-5-17(13)22(12)18(23)11-24-21-10-14-6-7-15(19)9-16(14)20/h2-7,9-10,12H,8,11H2,1H3. The summed E-state index contributed by atoms with van der Waals surface area (Å²) in [5.74, 6) is -0.119. The van der Waals surface area contributed by atoms with Gasteiger partial charge in [0.25, 0.3) is 5.91 Å². The number of carbonyl (C=O) groups excluding carboxylic acids is 1. The zero-order valence-electron chi connectivity index (χ0n) is 13.1. The van der Waals surface area contributed by atoms with Crippen LogP contribution < -0.4 is 4.90 Å². The van der Waals surface area contributed by atoms with E-state index in [2.05, 4.69) is 5.16 Å². The monoisotopic (exact) mass is 362 g/mol. The lowest BCUT2D eigenvalue weighted by molar-refractivity contribution is -0.123. The van der Waals surface area contributed by atoms with Gasteiger partial charge in [-0.1, -0.05) is 52.6 Å². The number of carbonyl (C=O) groups is 1. The first-order valence-corrected chi connectivity index (χ1v) is 8.32. The van der Waals surface area contributed by atoms with Gasteiger partial charge in [-0.3, -0.25) is 4.79 Å². The number of oxime groups is 1. The highest BCUT2D eigenvalue weighted by atomic mass is 35.5. The second kappa shape index (κ2) is 7.24. The summed E-state index contributed by atoms with van der Waals surface area (Å²) < 4.78 is 0. The molecule has 0 aliphatic carbocycles. The van der Waals surface area contributed by atoms with E-state index in [1.807, 2.05) is 31.2 Å². The predicted octanol–water partition coefficient (Wildman–Crippen LogP) is 4.32. The molecule has 1 aliphatic heterocycles. The second-order valence-corrected chi connectivity index (χ2v) is 6.46. The zero-order valence-corrected chi connectivity index (χ0v) is 14.6. The summed E-state index contributed by atoms with van der Waals surface area (Å²) in [5, 5.41) is 4.85. The van der Waals surface area contributed by atoms with Gasteiger partial charge in [0.15, 0.2) is 6.61 Å². The van der Waals surface area contributed by atoms with Crippen molar-refractivity contribution in [3.8, 4) is 0 Å². The molecule has 6 heteroatoms. The summed E-state index contributed by atoms with van der Waals surface area (Å²) in [5.41, 5.74) is 2.80. The normalized spacial score (nSPS) is 16.5. The molecule has 4 nitrogen and oxygen atoms in total. The number of nitrogens with zero attached hydrogens (tertiary/aromatic N) is 2. The lowest BCUT2D eigenvalue weighted by atomic mass is 10.1. The van der Waals surface area contributed by atoms with Crippen molar-refractivity contribution >= 4 is 41.0 Å². The maximum Gasteiger partial charge on any atom is 0.268 e. The molecule has 0 radical (unpaired) electrons. The lowest BCUT2D eigenvalue weighted by Crippen LogP contribution is -2.37. The van der Waals surface area contributed by atoms with E-state index < -0.39 is 0 Å². The number of hydrogen-bond acceptors (Lipinski definition) is 3. The summed E-state index contributed by atoms with van der Waals surface area (Å²) in [7, 11) is 0. The van der Waals surface area contributed by atoms with Crippen LogP contribution in [0.25, 0.3) is 0 Å². The molecular weight excluding hydrogens is 347 g/mol. The number of amides is 1. The van der Waals surface area contributed by atoms with Crippen LogP contribution in [-0.2, 0) is 16.1 Å². The molecule has 0 saturated carbocycles. The van der Waals surface area contributed by atoms with E-state index in [1.54, 1.807) is 23.1 Å². The van der Waals surface area contributed by atoms with Crippen molar-refractivity contribution in [1.29, 1.82) is 0 Å². The van der Waals surface area contributed by atoms with Crippen molar-refractivity contribution in [1.82, 2.24) is 0 Å². The Labute approximate surface area is 150 Å². The second-order valence-electron chi connectivity index (χ2n) is 5.62. The van der Waals surface area contributed by atoms with Gasteiger partial charge in [0, 0.05) is 22.3 Å². The van der Waals surface area contributed by atoms with Gasteiger partial charge in [-0.05, 0) is 37.1 Å². The Kier molecular flexibility index (Phi) is 5.07. The number of halogens is 2. The van der Waals surface area contributed by atoms with Crippen LogP contribution in [0, 0.1) is 0 Å². The molecule has 124 valence electrons. The lowest BCUT2D eigenvalue weighted by Gasteiger charge is -2.21. The maximum absolute atomic E-state index is 12.4. The van der Waals surface area contributed by atoms with Gasteiger partial charge in [-0.25, -0.2) is 0 Å². The Balaban J connectivity index is 1.61. The van der Waals surface area contributed by atoms with Crippen LogP contribution in [0.4, 0.5) is 5.69 Å². The van der Waals surface area contributed by atoms with E-state index in [-0.39, 0.29) is 18.6 Å². The molecule has 0 saturated heterocycles. The van der Waals surface area contributed by atoms with Crippen molar-refractivity contribution in [2.24, 2.45) is 5.16 Å². The third kappa shape index (κ3) is 3.55. The summed E-state index contributed by atoms with van der Waals surface area (Å²) in [6, 6.07) is 13.1. The molecule has 2 aromatic rings. The minimum Gasteiger partial charge on any atom is -0.386 e. The SMILES string of the molecule is CC1Cc2ccccc2N1C(=O)CON=Cc1ccc(Cl)cc1Cl. The third-order valence-corrected chi connectivity index (χ3v) is 4.46. The molecule has 0 aromatic heterocycles. The molecule has 1 unspecified atom stereocenters. The number of fused-ring (bicyclic) bond motifs is 1. The highest BCUT2D eigenvalue weighted by molar-refractivity contribution is 6.36. The Morgan fingerprint density at radius 3 is 2.92 bits per heavy atom. The molecule has 24 heavy (non-hydrogen) atoms. The molecule has 0 fully saturated rings. The minimum atomic E-state index is -0.125. The molecule has 0 spiro atoms. The quantitative estimate of drug-likeness (QED) is 0.600. The van der Waals surface area contributed by atoms with Crippen LogP contribution in [0.1, 0.15) is 18.1 Å². The molecule has 1 aliphatic rings. The Bertz CT molecular complexity index is 792. The van der Waals surface area contributed by atoms with E-state index in [0.717, 1.165) is 12.1 Å². The first-order chi connectivity index (χ1) is 11.6. The predicted molar refractivity (Wildman–Crippen MR) is 97.1 cm³/mol. The van der Waals surface area contributed by atoms with Gasteiger partial charge in [0.05, 0.1) is 11.2 Å². The van der Waals surface area contributed by atoms with Gasteiger partial charge >= 0.3 is 0 Å². The molecule has 1 atom stereocenters. The van der Waals surface area contributed by atoms with E-state index in [0.29, 0.717) is 15.6 Å². The minimum absolute atomic E-state index is 0.119. The van der Waals surface area contributed by atoms with E-state index in [4.69, 9.17) is 28.0 Å². The third-order valence-electron chi connectivity index (χ3n) is 3.89. The summed E-state index contributed by atoms with van der Waals surface area (Å²) >= 11 is 11.9. The summed E-state index contributed by atoms with van der Waals surface area (Å²) in [6.45, 7) is 1.90. The fourth-order valence-electron chi connectivity index (χ4n) is 2.81. The van der Waals surface area contributed by atoms with Gasteiger partial charge in [-0.2, -0.15) is 0 Å². The molecule has 1 heterocycles. The van der Waals surface area contributed by atoms with Crippen LogP contribution >= 0.6 is 23.2 Å². The Morgan fingerprint density at radius 2 is 2.12 bits per heavy atom. The topological polar surface area (TPSA) is 41.9 Å². The smallest absolute Gasteiger partial charge is 0.268 e. The van der Waals surface area contributed by atoms with Crippen LogP contribution in [0.5, 0.6) is 0 Å². The fraction of sp³-hybridized carbons (Fsp3) is 0.222. The Hall–Kier alpha value is -2.04. The average molecular weight is 363 g/mol. The molecule has 3 rings (SSSR count). The van der Waals surface area contributed by atoms with E-state index >= 15 is 0 Å². The number of benzene rings is 2. The maximum atomic E-state index is 12.4. The summed E-state index contributed by atoms with van der Waals surface area (Å²) in [6.07, 6.45) is 2.32. The molecule has 1 amide bonds. The first kappa shape index (κ1) is 16.8. The van der Waals surface area contributed by atoms with Crippen molar-refractivity contribution in [2.75, 3.05) is 11.5 Å². The van der Waals surface area contributed by atoms with Crippen LogP contribution in [-0.4, -0.2) is 24.8 Å². The van der Waals surface area contributed by atoms with Crippen molar-refractivity contribution in [3.63, 3.8) is 0 Å². The molecular formula is C18H16Cl2N2O2. The average Bonchev–Trinajstić information content (AvgIpc) is 2.88. The molecule has 0 N–H and O–H groups in total. The van der Waals surface area contributed by atoms with E-state index in [9.17, 15) is 4.79 Å². The van der Waals surface area contributed by atoms with Crippen molar-refractivity contribution < 1.29 is 9.63 Å². The number of para-hydroxylation sites is 1. The van der Waals surface area contributed by atoms with Gasteiger partial charge < -0.3 is 9.74 Å². The zero-order chi connectivity index (χ0) is 17.1. The van der Waals surface area contributed by atoms with Crippen LogP contribution in [0.15, 0.2) is 47.6 Å². The van der Waals surface area contributed by atoms with Crippen molar-refractivity contribution in [2.45, 2.75) is 19.4 Å². The Morgan fingerprint density at radius 1 is 1.33 bits per heavy atom.